The van der Waals surface area contributed by atoms with Crippen molar-refractivity contribution in [3.05, 3.63) is 69.6 Å². The number of rotatable bonds is 5. The fourth-order valence-corrected chi connectivity index (χ4v) is 2.37. The molecular formula is C16H15ClN4O2. The van der Waals surface area contributed by atoms with Crippen molar-refractivity contribution in [1.82, 2.24) is 19.8 Å². The van der Waals surface area contributed by atoms with Crippen LogP contribution in [0.2, 0.25) is 5.02 Å². The number of benzene rings is 2. The lowest BCUT2D eigenvalue weighted by Crippen LogP contribution is -2.26. The van der Waals surface area contributed by atoms with Gasteiger partial charge in [0.05, 0.1) is 17.3 Å². The van der Waals surface area contributed by atoms with Crippen LogP contribution in [0.4, 0.5) is 0 Å². The number of ether oxygens (including phenoxy) is 1. The van der Waals surface area contributed by atoms with Gasteiger partial charge in [-0.15, -0.1) is 0 Å². The van der Waals surface area contributed by atoms with Crippen molar-refractivity contribution in [2.45, 2.75) is 13.5 Å². The molecule has 0 radical (unpaired) electrons. The molecule has 1 aromatic heterocycles. The van der Waals surface area contributed by atoms with Gasteiger partial charge in [0.15, 0.2) is 0 Å². The summed E-state index contributed by atoms with van der Waals surface area (Å²) in [6, 6.07) is 14.7. The van der Waals surface area contributed by atoms with Gasteiger partial charge in [-0.05, 0) is 41.1 Å². The van der Waals surface area contributed by atoms with Crippen LogP contribution in [-0.4, -0.2) is 26.4 Å². The Labute approximate surface area is 137 Å². The summed E-state index contributed by atoms with van der Waals surface area (Å²) in [6.45, 7) is 2.60. The van der Waals surface area contributed by atoms with Crippen LogP contribution in [0.5, 0.6) is 5.75 Å². The van der Waals surface area contributed by atoms with Crippen LogP contribution in [0.25, 0.3) is 5.69 Å². The molecule has 0 fully saturated rings. The molecule has 3 aromatic rings. The average Bonchev–Trinajstić information content (AvgIpc) is 2.91. The summed E-state index contributed by atoms with van der Waals surface area (Å²) in [5, 5.41) is 8.17. The Bertz CT molecular complexity index is 872. The van der Waals surface area contributed by atoms with Crippen molar-refractivity contribution >= 4 is 11.6 Å². The first-order valence-corrected chi connectivity index (χ1v) is 7.51. The molecule has 0 spiro atoms. The van der Waals surface area contributed by atoms with Gasteiger partial charge < -0.3 is 4.74 Å². The Morgan fingerprint density at radius 2 is 1.83 bits per heavy atom. The fraction of sp³-hybridized carbons (Fsp3) is 0.188. The van der Waals surface area contributed by atoms with E-state index in [0.29, 0.717) is 23.9 Å². The molecule has 0 saturated heterocycles. The molecule has 1 heterocycles. The van der Waals surface area contributed by atoms with E-state index in [0.717, 1.165) is 11.3 Å². The number of aryl methyl sites for hydroxylation is 1. The summed E-state index contributed by atoms with van der Waals surface area (Å²) in [4.78, 5) is 12.3. The normalized spacial score (nSPS) is 10.7. The lowest BCUT2D eigenvalue weighted by Gasteiger charge is -2.07. The quantitative estimate of drug-likeness (QED) is 0.721. The molecule has 118 valence electrons. The number of para-hydroxylation sites is 2. The minimum Gasteiger partial charge on any atom is -0.491 e. The lowest BCUT2D eigenvalue weighted by atomic mass is 10.2. The van der Waals surface area contributed by atoms with Crippen molar-refractivity contribution in [3.63, 3.8) is 0 Å². The van der Waals surface area contributed by atoms with Crippen LogP contribution in [-0.2, 0) is 6.54 Å². The summed E-state index contributed by atoms with van der Waals surface area (Å²) < 4.78 is 8.10. The topological polar surface area (TPSA) is 61.9 Å². The zero-order chi connectivity index (χ0) is 16.2. The van der Waals surface area contributed by atoms with Gasteiger partial charge in [0.2, 0.25) is 0 Å². The summed E-state index contributed by atoms with van der Waals surface area (Å²) in [7, 11) is 0. The number of halogens is 1. The molecule has 0 unspecified atom stereocenters. The lowest BCUT2D eigenvalue weighted by molar-refractivity contribution is 0.286. The molecule has 0 saturated carbocycles. The summed E-state index contributed by atoms with van der Waals surface area (Å²) >= 11 is 6.08. The molecule has 23 heavy (non-hydrogen) atoms. The highest BCUT2D eigenvalue weighted by Crippen LogP contribution is 2.17. The molecular weight excluding hydrogens is 316 g/mol. The van der Waals surface area contributed by atoms with Crippen LogP contribution < -0.4 is 10.4 Å². The largest absolute Gasteiger partial charge is 0.491 e. The van der Waals surface area contributed by atoms with Crippen LogP contribution in [0, 0.1) is 6.92 Å². The van der Waals surface area contributed by atoms with Crippen molar-refractivity contribution in [3.8, 4) is 11.4 Å². The Balaban J connectivity index is 1.72. The molecule has 0 aliphatic rings. The predicted octanol–water partition coefficient (Wildman–Crippen LogP) is 2.47. The number of tetrazole rings is 1. The van der Waals surface area contributed by atoms with E-state index in [9.17, 15) is 4.79 Å². The summed E-state index contributed by atoms with van der Waals surface area (Å²) in [5.74, 6) is 0.791. The Morgan fingerprint density at radius 1 is 1.09 bits per heavy atom. The van der Waals surface area contributed by atoms with E-state index in [4.69, 9.17) is 16.3 Å². The first-order valence-electron chi connectivity index (χ1n) is 7.13. The molecule has 6 nitrogen and oxygen atoms in total. The third-order valence-corrected chi connectivity index (χ3v) is 3.69. The average molecular weight is 331 g/mol. The van der Waals surface area contributed by atoms with Crippen molar-refractivity contribution in [2.24, 2.45) is 0 Å². The van der Waals surface area contributed by atoms with Gasteiger partial charge in [0, 0.05) is 0 Å². The zero-order valence-electron chi connectivity index (χ0n) is 12.5. The molecule has 7 heteroatoms. The number of hydrogen-bond acceptors (Lipinski definition) is 4. The second-order valence-corrected chi connectivity index (χ2v) is 5.37. The van der Waals surface area contributed by atoms with Crippen molar-refractivity contribution in [1.29, 1.82) is 0 Å². The maximum Gasteiger partial charge on any atom is 0.368 e. The van der Waals surface area contributed by atoms with E-state index in [-0.39, 0.29) is 5.69 Å². The minimum atomic E-state index is -0.355. The van der Waals surface area contributed by atoms with E-state index >= 15 is 0 Å². The second-order valence-electron chi connectivity index (χ2n) is 4.96. The molecule has 0 amide bonds. The van der Waals surface area contributed by atoms with Gasteiger partial charge >= 0.3 is 5.69 Å². The van der Waals surface area contributed by atoms with Crippen LogP contribution in [0.1, 0.15) is 5.56 Å². The van der Waals surface area contributed by atoms with Crippen molar-refractivity contribution < 1.29 is 4.74 Å². The Morgan fingerprint density at radius 3 is 2.61 bits per heavy atom. The molecule has 0 atom stereocenters. The van der Waals surface area contributed by atoms with E-state index in [2.05, 4.69) is 10.4 Å². The number of aromatic nitrogens is 4. The highest BCUT2D eigenvalue weighted by molar-refractivity contribution is 6.32. The third kappa shape index (κ3) is 3.27. The van der Waals surface area contributed by atoms with Gasteiger partial charge in [-0.2, -0.15) is 9.36 Å². The van der Waals surface area contributed by atoms with Gasteiger partial charge in [-0.25, -0.2) is 4.79 Å². The molecule has 0 bridgehead atoms. The van der Waals surface area contributed by atoms with Gasteiger partial charge in [-0.3, -0.25) is 0 Å². The van der Waals surface area contributed by atoms with Gasteiger partial charge in [0.25, 0.3) is 0 Å². The van der Waals surface area contributed by atoms with Gasteiger partial charge in [-0.1, -0.05) is 41.9 Å². The summed E-state index contributed by atoms with van der Waals surface area (Å²) in [5.41, 5.74) is 1.19. The maximum atomic E-state index is 12.3. The first kappa shape index (κ1) is 15.3. The van der Waals surface area contributed by atoms with E-state index in [1.54, 1.807) is 24.3 Å². The Hall–Kier alpha value is -2.60. The minimum absolute atomic E-state index is 0.303. The van der Waals surface area contributed by atoms with E-state index in [1.807, 2.05) is 31.2 Å². The van der Waals surface area contributed by atoms with Crippen LogP contribution >= 0.6 is 11.6 Å². The second kappa shape index (κ2) is 6.66. The SMILES string of the molecule is Cc1ccccc1OCCn1nnn(-c2ccccc2Cl)c1=O. The van der Waals surface area contributed by atoms with Gasteiger partial charge in [0.1, 0.15) is 12.4 Å². The highest BCUT2D eigenvalue weighted by atomic mass is 35.5. The number of hydrogen-bond donors (Lipinski definition) is 0. The third-order valence-electron chi connectivity index (χ3n) is 3.37. The molecule has 3 rings (SSSR count). The number of nitrogens with zero attached hydrogens (tertiary/aromatic N) is 4. The monoisotopic (exact) mass is 330 g/mol. The van der Waals surface area contributed by atoms with Crippen LogP contribution in [0.3, 0.4) is 0 Å². The predicted molar refractivity (Wildman–Crippen MR) is 87.3 cm³/mol. The standard InChI is InChI=1S/C16H15ClN4O2/c1-12-6-2-5-9-15(12)23-11-10-20-16(22)21(19-18-20)14-8-4-3-7-13(14)17/h2-9H,10-11H2,1H3. The van der Waals surface area contributed by atoms with E-state index < -0.39 is 0 Å². The zero-order valence-corrected chi connectivity index (χ0v) is 13.3. The molecule has 0 aliphatic heterocycles. The Kier molecular flexibility index (Phi) is 4.43. The molecule has 2 aromatic carbocycles. The first-order chi connectivity index (χ1) is 11.2. The maximum absolute atomic E-state index is 12.3. The summed E-state index contributed by atoms with van der Waals surface area (Å²) in [6.07, 6.45) is 0. The molecule has 0 aliphatic carbocycles. The highest BCUT2D eigenvalue weighted by Gasteiger charge is 2.11. The van der Waals surface area contributed by atoms with Crippen molar-refractivity contribution in [2.75, 3.05) is 6.61 Å². The smallest absolute Gasteiger partial charge is 0.368 e. The molecule has 0 N–H and O–H groups in total. The van der Waals surface area contributed by atoms with E-state index in [1.165, 1.54) is 9.36 Å². The van der Waals surface area contributed by atoms with Crippen LogP contribution in [0.15, 0.2) is 53.3 Å². The fourth-order valence-electron chi connectivity index (χ4n) is 2.15.